The Kier molecular flexibility index (Phi) is 8.76. The van der Waals surface area contributed by atoms with Crippen molar-refractivity contribution in [3.63, 3.8) is 0 Å². The molecule has 0 aliphatic rings. The molecule has 172 valence electrons. The molecule has 0 saturated heterocycles. The fraction of sp³-hybridized carbons (Fsp3) is 0.286. The maximum Gasteiger partial charge on any atom is 0.243 e. The molecule has 0 aliphatic carbocycles. The van der Waals surface area contributed by atoms with Crippen LogP contribution in [0.4, 0.5) is 4.39 Å². The third-order valence-corrected chi connectivity index (χ3v) is 5.56. The quantitative estimate of drug-likeness (QED) is 0.484. The van der Waals surface area contributed by atoms with Gasteiger partial charge in [0.25, 0.3) is 0 Å². The van der Waals surface area contributed by atoms with Crippen molar-refractivity contribution in [2.45, 2.75) is 45.7 Å². The first-order chi connectivity index (χ1) is 16.0. The maximum absolute atomic E-state index is 13.5. The number of rotatable bonds is 10. The van der Waals surface area contributed by atoms with Gasteiger partial charge in [-0.25, -0.2) is 4.39 Å². The normalized spacial score (nSPS) is 11.6. The Morgan fingerprint density at radius 1 is 0.879 bits per heavy atom. The minimum absolute atomic E-state index is 0.0957. The molecule has 4 nitrogen and oxygen atoms in total. The van der Waals surface area contributed by atoms with Crippen LogP contribution in [-0.2, 0) is 29.0 Å². The van der Waals surface area contributed by atoms with Crippen LogP contribution in [0.2, 0.25) is 0 Å². The number of carbonyl (C=O) groups excluding carboxylic acids is 2. The van der Waals surface area contributed by atoms with Crippen molar-refractivity contribution in [3.05, 3.63) is 107 Å². The average molecular weight is 447 g/mol. The zero-order valence-electron chi connectivity index (χ0n) is 19.3. The molecule has 2 amide bonds. The second-order valence-electron chi connectivity index (χ2n) is 8.31. The summed E-state index contributed by atoms with van der Waals surface area (Å²) in [6.45, 7) is 4.87. The Morgan fingerprint density at radius 3 is 2.15 bits per heavy atom. The van der Waals surface area contributed by atoms with E-state index in [1.54, 1.807) is 17.0 Å². The van der Waals surface area contributed by atoms with Crippen molar-refractivity contribution in [1.29, 1.82) is 0 Å². The van der Waals surface area contributed by atoms with E-state index >= 15 is 0 Å². The summed E-state index contributed by atoms with van der Waals surface area (Å²) in [4.78, 5) is 28.4. The molecule has 0 saturated carbocycles. The molecular formula is C28H31FN2O2. The lowest BCUT2D eigenvalue weighted by molar-refractivity contribution is -0.140. The molecule has 3 rings (SSSR count). The number of amides is 2. The largest absolute Gasteiger partial charge is 0.354 e. The summed E-state index contributed by atoms with van der Waals surface area (Å²) in [5.41, 5.74) is 3.78. The van der Waals surface area contributed by atoms with Crippen molar-refractivity contribution in [1.82, 2.24) is 10.2 Å². The number of aryl methyl sites for hydroxylation is 1. The van der Waals surface area contributed by atoms with E-state index in [2.05, 4.69) is 5.32 Å². The summed E-state index contributed by atoms with van der Waals surface area (Å²) in [5, 5.41) is 2.97. The Morgan fingerprint density at radius 2 is 1.52 bits per heavy atom. The molecule has 0 unspecified atom stereocenters. The van der Waals surface area contributed by atoms with Gasteiger partial charge in [0.05, 0.1) is 6.42 Å². The SMILES string of the molecule is CCCNC(=O)[C@@H](Cc1ccccc1)N(Cc1ccc(C)cc1)C(=O)Cc1ccc(F)cc1. The van der Waals surface area contributed by atoms with Crippen LogP contribution in [-0.4, -0.2) is 29.3 Å². The Labute approximate surface area is 195 Å². The smallest absolute Gasteiger partial charge is 0.243 e. The van der Waals surface area contributed by atoms with Crippen LogP contribution in [0, 0.1) is 12.7 Å². The van der Waals surface area contributed by atoms with Crippen molar-refractivity contribution in [3.8, 4) is 0 Å². The molecule has 1 N–H and O–H groups in total. The number of nitrogens with one attached hydrogen (secondary N) is 1. The monoisotopic (exact) mass is 446 g/mol. The molecule has 0 radical (unpaired) electrons. The van der Waals surface area contributed by atoms with Crippen molar-refractivity contribution >= 4 is 11.8 Å². The standard InChI is InChI=1S/C28H31FN2O2/c1-3-17-30-28(33)26(18-22-7-5-4-6-8-22)31(20-24-11-9-21(2)10-12-24)27(32)19-23-13-15-25(29)16-14-23/h4-16,26H,3,17-20H2,1-2H3,(H,30,33)/t26-/m1/s1. The number of nitrogens with zero attached hydrogens (tertiary/aromatic N) is 1. The zero-order chi connectivity index (χ0) is 23.6. The Bertz CT molecular complexity index is 1030. The highest BCUT2D eigenvalue weighted by molar-refractivity contribution is 5.88. The number of benzene rings is 3. The fourth-order valence-electron chi connectivity index (χ4n) is 3.69. The molecule has 5 heteroatoms. The van der Waals surface area contributed by atoms with Crippen LogP contribution in [0.5, 0.6) is 0 Å². The first kappa shape index (κ1) is 24.2. The highest BCUT2D eigenvalue weighted by Gasteiger charge is 2.30. The minimum Gasteiger partial charge on any atom is -0.354 e. The molecule has 0 aliphatic heterocycles. The molecule has 3 aromatic rings. The molecule has 0 heterocycles. The summed E-state index contributed by atoms with van der Waals surface area (Å²) < 4.78 is 13.3. The van der Waals surface area contributed by atoms with Crippen LogP contribution >= 0.6 is 0 Å². The summed E-state index contributed by atoms with van der Waals surface area (Å²) in [6.07, 6.45) is 1.32. The lowest BCUT2D eigenvalue weighted by atomic mass is 10.0. The van der Waals surface area contributed by atoms with Gasteiger partial charge in [0.15, 0.2) is 0 Å². The molecular weight excluding hydrogens is 415 g/mol. The maximum atomic E-state index is 13.5. The van der Waals surface area contributed by atoms with E-state index < -0.39 is 6.04 Å². The van der Waals surface area contributed by atoms with E-state index in [1.165, 1.54) is 12.1 Å². The van der Waals surface area contributed by atoms with Gasteiger partial charge in [-0.3, -0.25) is 9.59 Å². The van der Waals surface area contributed by atoms with Gasteiger partial charge in [-0.05, 0) is 42.2 Å². The van der Waals surface area contributed by atoms with E-state index in [1.807, 2.05) is 68.4 Å². The topological polar surface area (TPSA) is 49.4 Å². The number of hydrogen-bond donors (Lipinski definition) is 1. The van der Waals surface area contributed by atoms with Crippen molar-refractivity contribution in [2.75, 3.05) is 6.54 Å². The predicted octanol–water partition coefficient (Wildman–Crippen LogP) is 4.84. The summed E-state index contributed by atoms with van der Waals surface area (Å²) >= 11 is 0. The van der Waals surface area contributed by atoms with Crippen LogP contribution in [0.15, 0.2) is 78.9 Å². The highest BCUT2D eigenvalue weighted by Crippen LogP contribution is 2.17. The van der Waals surface area contributed by atoms with Crippen molar-refractivity contribution < 1.29 is 14.0 Å². The van der Waals surface area contributed by atoms with Gasteiger partial charge in [0, 0.05) is 19.5 Å². The van der Waals surface area contributed by atoms with E-state index in [9.17, 15) is 14.0 Å². The van der Waals surface area contributed by atoms with Gasteiger partial charge >= 0.3 is 0 Å². The summed E-state index contributed by atoms with van der Waals surface area (Å²) in [6, 6.07) is 23.0. The molecule has 0 bridgehead atoms. The molecule has 0 spiro atoms. The van der Waals surface area contributed by atoms with Crippen LogP contribution in [0.1, 0.15) is 35.6 Å². The van der Waals surface area contributed by atoms with Crippen LogP contribution in [0.3, 0.4) is 0 Å². The Hall–Kier alpha value is -3.47. The van der Waals surface area contributed by atoms with Gasteiger partial charge in [-0.15, -0.1) is 0 Å². The molecule has 1 atom stereocenters. The molecule has 0 aromatic heterocycles. The summed E-state index contributed by atoms with van der Waals surface area (Å²) in [5.74, 6) is -0.682. The average Bonchev–Trinajstić information content (AvgIpc) is 2.83. The van der Waals surface area contributed by atoms with E-state index in [4.69, 9.17) is 0 Å². The van der Waals surface area contributed by atoms with E-state index in [-0.39, 0.29) is 24.1 Å². The minimum atomic E-state index is -0.659. The fourth-order valence-corrected chi connectivity index (χ4v) is 3.69. The van der Waals surface area contributed by atoms with Gasteiger partial charge in [-0.2, -0.15) is 0 Å². The van der Waals surface area contributed by atoms with E-state index in [0.717, 1.165) is 23.1 Å². The lowest BCUT2D eigenvalue weighted by Crippen LogP contribution is -2.51. The lowest BCUT2D eigenvalue weighted by Gasteiger charge is -2.31. The third-order valence-electron chi connectivity index (χ3n) is 5.56. The summed E-state index contributed by atoms with van der Waals surface area (Å²) in [7, 11) is 0. The van der Waals surface area contributed by atoms with Gasteiger partial charge < -0.3 is 10.2 Å². The predicted molar refractivity (Wildman–Crippen MR) is 129 cm³/mol. The second-order valence-corrected chi connectivity index (χ2v) is 8.31. The zero-order valence-corrected chi connectivity index (χ0v) is 19.3. The first-order valence-electron chi connectivity index (χ1n) is 11.4. The number of carbonyl (C=O) groups is 2. The second kappa shape index (κ2) is 12.0. The van der Waals surface area contributed by atoms with Crippen LogP contribution in [0.25, 0.3) is 0 Å². The van der Waals surface area contributed by atoms with Gasteiger partial charge in [0.2, 0.25) is 11.8 Å². The highest BCUT2D eigenvalue weighted by atomic mass is 19.1. The molecule has 33 heavy (non-hydrogen) atoms. The van der Waals surface area contributed by atoms with Gasteiger partial charge in [0.1, 0.15) is 11.9 Å². The molecule has 0 fully saturated rings. The van der Waals surface area contributed by atoms with Crippen molar-refractivity contribution in [2.24, 2.45) is 0 Å². The first-order valence-corrected chi connectivity index (χ1v) is 11.4. The number of hydrogen-bond acceptors (Lipinski definition) is 2. The van der Waals surface area contributed by atoms with E-state index in [0.29, 0.717) is 25.1 Å². The molecule has 3 aromatic carbocycles. The van der Waals surface area contributed by atoms with Crippen LogP contribution < -0.4 is 5.32 Å². The number of halogens is 1. The Balaban J connectivity index is 1.93. The van der Waals surface area contributed by atoms with Gasteiger partial charge in [-0.1, -0.05) is 79.2 Å². The third kappa shape index (κ3) is 7.28.